The Kier molecular flexibility index (Phi) is 7.79. The SMILES string of the molecule is Cc1ncccc1-c1ccc(C[C@@](OC[C@H]2O[C@@H](n3cnc4c(N)nc(Cl)nc43)[C@@H](F)[C@@H]2O)(C(=O)O)c2cscn2)cc1. The van der Waals surface area contributed by atoms with Gasteiger partial charge in [0.2, 0.25) is 10.9 Å². The van der Waals surface area contributed by atoms with Crippen LogP contribution in [0.3, 0.4) is 0 Å². The predicted octanol–water partition coefficient (Wildman–Crippen LogP) is 3.72. The predicted molar refractivity (Wildman–Crippen MR) is 155 cm³/mol. The van der Waals surface area contributed by atoms with Crippen LogP contribution in [0.2, 0.25) is 5.28 Å². The summed E-state index contributed by atoms with van der Waals surface area (Å²) in [7, 11) is 0. The van der Waals surface area contributed by atoms with E-state index in [0.29, 0.717) is 5.56 Å². The lowest BCUT2D eigenvalue weighted by atomic mass is 9.90. The van der Waals surface area contributed by atoms with Gasteiger partial charge in [-0.3, -0.25) is 9.55 Å². The van der Waals surface area contributed by atoms with Crippen LogP contribution < -0.4 is 5.73 Å². The Morgan fingerprint density at radius 2 is 2.02 bits per heavy atom. The highest BCUT2D eigenvalue weighted by molar-refractivity contribution is 7.07. The van der Waals surface area contributed by atoms with E-state index in [9.17, 15) is 15.0 Å². The molecule has 0 radical (unpaired) electrons. The van der Waals surface area contributed by atoms with Crippen molar-refractivity contribution in [1.29, 1.82) is 0 Å². The van der Waals surface area contributed by atoms with E-state index in [2.05, 4.69) is 24.9 Å². The van der Waals surface area contributed by atoms with Gasteiger partial charge in [-0.2, -0.15) is 9.97 Å². The van der Waals surface area contributed by atoms with Gasteiger partial charge in [0.05, 0.1) is 24.1 Å². The molecule has 5 atom stereocenters. The highest BCUT2D eigenvalue weighted by atomic mass is 35.5. The van der Waals surface area contributed by atoms with Crippen LogP contribution in [0.1, 0.15) is 23.2 Å². The standard InChI is InChI=1S/C28H25ClFN7O5S/c1-14-17(3-2-8-32-14)16-6-4-15(5-7-16)9-28(26(39)40,19-11-43-13-34-19)41-10-18-22(38)20(30)25(42-18)37-12-33-21-23(31)35-27(29)36-24(21)37/h2-8,11-13,18,20,22,25,38H,9-10H2,1H3,(H,39,40)(H2,31,35,36)/t18-,20+,22-,25-,28+/m1/s1. The number of anilines is 1. The van der Waals surface area contributed by atoms with E-state index >= 15 is 4.39 Å². The number of fused-ring (bicyclic) bond motifs is 1. The quantitative estimate of drug-likeness (QED) is 0.204. The second-order valence-corrected chi connectivity index (χ2v) is 11.1. The van der Waals surface area contributed by atoms with Crippen molar-refractivity contribution in [3.8, 4) is 11.1 Å². The summed E-state index contributed by atoms with van der Waals surface area (Å²) < 4.78 is 28.6. The molecule has 5 heterocycles. The van der Waals surface area contributed by atoms with E-state index < -0.39 is 42.8 Å². The molecule has 1 aromatic carbocycles. The number of thiazole rings is 1. The number of rotatable bonds is 9. The summed E-state index contributed by atoms with van der Waals surface area (Å²) >= 11 is 7.15. The summed E-state index contributed by atoms with van der Waals surface area (Å²) in [5.74, 6) is -1.30. The number of hydrogen-bond donors (Lipinski definition) is 3. The highest BCUT2D eigenvalue weighted by Crippen LogP contribution is 2.37. The number of nitrogens with two attached hydrogens (primary N) is 1. The molecular formula is C28H25ClFN7O5S. The maximum Gasteiger partial charge on any atom is 0.342 e. The number of halogens is 2. The average Bonchev–Trinajstić information content (AvgIpc) is 3.73. The molecule has 1 fully saturated rings. The van der Waals surface area contributed by atoms with Crippen molar-refractivity contribution in [3.05, 3.63) is 82.0 Å². The fraction of sp³-hybridized carbons (Fsp3) is 0.286. The van der Waals surface area contributed by atoms with Crippen molar-refractivity contribution in [2.75, 3.05) is 12.3 Å². The Bertz CT molecular complexity index is 1770. The molecule has 5 aromatic rings. The minimum atomic E-state index is -1.95. The second kappa shape index (κ2) is 11.5. The first-order valence-corrected chi connectivity index (χ1v) is 14.4. The van der Waals surface area contributed by atoms with Gasteiger partial charge >= 0.3 is 5.97 Å². The Labute approximate surface area is 253 Å². The molecule has 0 aliphatic carbocycles. The first-order chi connectivity index (χ1) is 20.7. The van der Waals surface area contributed by atoms with E-state index in [0.717, 1.165) is 16.8 Å². The maximum absolute atomic E-state index is 15.4. The molecule has 1 aliphatic heterocycles. The number of carbonyl (C=O) groups is 1. The molecule has 6 rings (SSSR count). The van der Waals surface area contributed by atoms with Gasteiger partial charge in [-0.15, -0.1) is 11.3 Å². The van der Waals surface area contributed by atoms with Gasteiger partial charge in [0, 0.05) is 29.3 Å². The smallest absolute Gasteiger partial charge is 0.342 e. The zero-order chi connectivity index (χ0) is 30.3. The number of carboxylic acid groups (broad SMARTS) is 1. The summed E-state index contributed by atoms with van der Waals surface area (Å²) in [5, 5.41) is 22.7. The number of benzene rings is 1. The monoisotopic (exact) mass is 625 g/mol. The number of aliphatic hydroxyl groups excluding tert-OH is 1. The second-order valence-electron chi connectivity index (χ2n) is 10.0. The van der Waals surface area contributed by atoms with Crippen molar-refractivity contribution in [1.82, 2.24) is 29.5 Å². The number of aliphatic carboxylic acids is 1. The van der Waals surface area contributed by atoms with Gasteiger partial charge in [-0.1, -0.05) is 30.3 Å². The summed E-state index contributed by atoms with van der Waals surface area (Å²) in [5.41, 5.74) is 9.29. The molecule has 0 amide bonds. The van der Waals surface area contributed by atoms with Crippen LogP contribution in [0, 0.1) is 6.92 Å². The van der Waals surface area contributed by atoms with Crippen LogP contribution in [0.15, 0.2) is 59.8 Å². The first-order valence-electron chi connectivity index (χ1n) is 13.1. The zero-order valence-corrected chi connectivity index (χ0v) is 24.1. The molecule has 43 heavy (non-hydrogen) atoms. The molecule has 4 N–H and O–H groups in total. The van der Waals surface area contributed by atoms with Crippen LogP contribution in [-0.4, -0.2) is 70.7 Å². The summed E-state index contributed by atoms with van der Waals surface area (Å²) in [6, 6.07) is 11.2. The van der Waals surface area contributed by atoms with Crippen molar-refractivity contribution in [2.24, 2.45) is 0 Å². The van der Waals surface area contributed by atoms with Crippen molar-refractivity contribution in [2.45, 2.75) is 43.6 Å². The first kappa shape index (κ1) is 29.0. The number of pyridine rings is 1. The summed E-state index contributed by atoms with van der Waals surface area (Å²) in [6.07, 6.45) is -3.29. The van der Waals surface area contributed by atoms with E-state index in [1.165, 1.54) is 27.7 Å². The van der Waals surface area contributed by atoms with Crippen LogP contribution in [0.4, 0.5) is 10.2 Å². The molecule has 0 spiro atoms. The van der Waals surface area contributed by atoms with Gasteiger partial charge in [0.25, 0.3) is 0 Å². The summed E-state index contributed by atoms with van der Waals surface area (Å²) in [6.45, 7) is 1.45. The Hall–Kier alpha value is -4.08. The minimum absolute atomic E-state index is 0.000643. The van der Waals surface area contributed by atoms with Crippen LogP contribution in [0.25, 0.3) is 22.3 Å². The number of ether oxygens (including phenoxy) is 2. The minimum Gasteiger partial charge on any atom is -0.479 e. The van der Waals surface area contributed by atoms with E-state index in [4.69, 9.17) is 26.8 Å². The lowest BCUT2D eigenvalue weighted by molar-refractivity contribution is -0.177. The third-order valence-corrected chi connectivity index (χ3v) is 8.16. The van der Waals surface area contributed by atoms with Crippen LogP contribution in [0.5, 0.6) is 0 Å². The number of imidazole rings is 1. The molecule has 1 aliphatic rings. The molecule has 222 valence electrons. The van der Waals surface area contributed by atoms with Crippen molar-refractivity contribution in [3.63, 3.8) is 0 Å². The van der Waals surface area contributed by atoms with E-state index in [1.807, 2.05) is 43.3 Å². The highest BCUT2D eigenvalue weighted by Gasteiger charge is 2.49. The van der Waals surface area contributed by atoms with Gasteiger partial charge in [0.15, 0.2) is 23.9 Å². The number of nitrogen functional groups attached to an aromatic ring is 1. The van der Waals surface area contributed by atoms with Gasteiger partial charge in [-0.05, 0) is 35.7 Å². The van der Waals surface area contributed by atoms with Crippen molar-refractivity contribution < 1.29 is 28.9 Å². The molecule has 0 bridgehead atoms. The number of aliphatic hydroxyl groups is 1. The molecule has 12 nitrogen and oxygen atoms in total. The molecule has 1 saturated heterocycles. The number of aromatic nitrogens is 6. The van der Waals surface area contributed by atoms with Crippen LogP contribution >= 0.6 is 22.9 Å². The van der Waals surface area contributed by atoms with Gasteiger partial charge in [-0.25, -0.2) is 19.2 Å². The molecule has 15 heteroatoms. The number of alkyl halides is 1. The Morgan fingerprint density at radius 1 is 1.23 bits per heavy atom. The normalized spacial score (nSPS) is 21.7. The number of hydrogen-bond acceptors (Lipinski definition) is 11. The van der Waals surface area contributed by atoms with E-state index in [1.54, 1.807) is 11.6 Å². The fourth-order valence-corrected chi connectivity index (χ4v) is 5.93. The zero-order valence-electron chi connectivity index (χ0n) is 22.5. The lowest BCUT2D eigenvalue weighted by Crippen LogP contribution is -2.44. The fourth-order valence-electron chi connectivity index (χ4n) is 5.14. The lowest BCUT2D eigenvalue weighted by Gasteiger charge is -2.30. The molecular weight excluding hydrogens is 601 g/mol. The van der Waals surface area contributed by atoms with Crippen LogP contribution in [-0.2, 0) is 26.3 Å². The Balaban J connectivity index is 1.26. The summed E-state index contributed by atoms with van der Waals surface area (Å²) in [4.78, 5) is 33.5. The van der Waals surface area contributed by atoms with Gasteiger partial charge in [0.1, 0.15) is 17.7 Å². The molecule has 4 aromatic heterocycles. The number of nitrogens with zero attached hydrogens (tertiary/aromatic N) is 6. The maximum atomic E-state index is 15.4. The molecule has 0 unspecified atom stereocenters. The topological polar surface area (TPSA) is 171 Å². The largest absolute Gasteiger partial charge is 0.479 e. The van der Waals surface area contributed by atoms with Gasteiger partial charge < -0.3 is 25.4 Å². The van der Waals surface area contributed by atoms with Crippen molar-refractivity contribution >= 4 is 45.9 Å². The average molecular weight is 626 g/mol. The Morgan fingerprint density at radius 3 is 2.72 bits per heavy atom. The van der Waals surface area contributed by atoms with E-state index in [-0.39, 0.29) is 34.4 Å². The third-order valence-electron chi connectivity index (χ3n) is 7.40. The number of aryl methyl sites for hydroxylation is 1. The molecule has 0 saturated carbocycles. The number of carboxylic acids is 1. The third kappa shape index (κ3) is 5.32.